The minimum Gasteiger partial charge on any atom is -0.508 e. The van der Waals surface area contributed by atoms with E-state index in [1.807, 2.05) is 18.2 Å². The summed E-state index contributed by atoms with van der Waals surface area (Å²) in [6.07, 6.45) is 0.889. The summed E-state index contributed by atoms with van der Waals surface area (Å²) in [4.78, 5) is 0. The van der Waals surface area contributed by atoms with Crippen LogP contribution in [0.15, 0.2) is 42.5 Å². The summed E-state index contributed by atoms with van der Waals surface area (Å²) in [5, 5.41) is 18.7. The molecule has 3 nitrogen and oxygen atoms in total. The van der Waals surface area contributed by atoms with Gasteiger partial charge in [-0.15, -0.1) is 0 Å². The molecule has 2 N–H and O–H groups in total. The molecule has 3 heteroatoms. The zero-order chi connectivity index (χ0) is 12.5. The second kappa shape index (κ2) is 4.26. The first-order valence-corrected chi connectivity index (χ1v) is 5.96. The molecule has 1 atom stereocenters. The molecule has 0 spiro atoms. The maximum absolute atomic E-state index is 9.39. The fourth-order valence-corrected chi connectivity index (χ4v) is 2.32. The van der Waals surface area contributed by atoms with Crippen molar-refractivity contribution in [1.29, 1.82) is 0 Å². The maximum atomic E-state index is 9.39. The highest BCUT2D eigenvalue weighted by atomic mass is 16.6. The molecular weight excluding hydrogens is 231 g/mol. The van der Waals surface area contributed by atoms with Crippen LogP contribution in [-0.4, -0.2) is 16.8 Å². The normalized spacial score (nSPS) is 17.9. The average molecular weight is 245 g/mol. The van der Waals surface area contributed by atoms with Crippen molar-refractivity contribution >= 4 is 0 Å². The number of rotatable bonds is 1. The van der Waals surface area contributed by atoms with Crippen LogP contribution in [0.3, 0.4) is 0 Å². The largest absolute Gasteiger partial charge is 0.508 e. The van der Waals surface area contributed by atoms with Gasteiger partial charge >= 0.3 is 0 Å². The minimum absolute atomic E-state index is 0.233. The van der Waals surface area contributed by atoms with Gasteiger partial charge in [0.2, 0.25) is 0 Å². The van der Waals surface area contributed by atoms with Crippen LogP contribution >= 0.6 is 0 Å². The van der Waals surface area contributed by atoms with Gasteiger partial charge in [0.1, 0.15) is 17.2 Å². The van der Waals surface area contributed by atoms with Gasteiger partial charge in [0.25, 0.3) is 0 Å². The molecule has 92 valence electrons. The van der Waals surface area contributed by atoms with Crippen LogP contribution in [-0.2, 0) is 6.42 Å². The Bertz CT molecular complexity index is 560. The monoisotopic (exact) mass is 245 g/mol. The van der Waals surface area contributed by atoms with Gasteiger partial charge in [-0.2, -0.15) is 0 Å². The van der Waals surface area contributed by atoms with E-state index in [1.54, 1.807) is 24.3 Å². The van der Waals surface area contributed by atoms with E-state index in [0.717, 1.165) is 23.3 Å². The molecule has 0 saturated heterocycles. The SMILES string of the molecule is Oc1ccc([13CH]2[13CH2]Oc3cc(O)ccc3[13CH2]2)cc1. The van der Waals surface area contributed by atoms with E-state index in [0.29, 0.717) is 12.5 Å². The summed E-state index contributed by atoms with van der Waals surface area (Å²) in [6, 6.07) is 12.5. The van der Waals surface area contributed by atoms with Crippen LogP contribution in [0.2, 0.25) is 0 Å². The van der Waals surface area contributed by atoms with Crippen LogP contribution in [0.5, 0.6) is 17.2 Å². The summed E-state index contributed by atoms with van der Waals surface area (Å²) in [5.41, 5.74) is 2.27. The Hall–Kier alpha value is -2.16. The van der Waals surface area contributed by atoms with Gasteiger partial charge in [-0.1, -0.05) is 18.2 Å². The van der Waals surface area contributed by atoms with Crippen molar-refractivity contribution in [2.75, 3.05) is 6.61 Å². The highest BCUT2D eigenvalue weighted by Crippen LogP contribution is 2.34. The van der Waals surface area contributed by atoms with Crippen molar-refractivity contribution in [2.45, 2.75) is 12.3 Å². The molecule has 18 heavy (non-hydrogen) atoms. The van der Waals surface area contributed by atoms with Crippen molar-refractivity contribution in [3.8, 4) is 17.2 Å². The number of ether oxygens (including phenoxy) is 1. The lowest BCUT2D eigenvalue weighted by Gasteiger charge is -2.25. The topological polar surface area (TPSA) is 49.7 Å². The molecule has 0 radical (unpaired) electrons. The van der Waals surface area contributed by atoms with Crippen LogP contribution in [0.4, 0.5) is 0 Å². The molecule has 0 fully saturated rings. The standard InChI is InChI=1S/C15H14O3/c16-13-4-1-10(2-5-13)12-7-11-3-6-14(17)8-15(11)18-9-12/h1-6,8,12,16-17H,7,9H2/i7+1,9+1,12+1. The number of phenolic OH excluding ortho intramolecular Hbond substituents is 2. The molecule has 0 aliphatic carbocycles. The Balaban J connectivity index is 1.86. The third kappa shape index (κ3) is 1.99. The number of fused-ring (bicyclic) bond motifs is 1. The van der Waals surface area contributed by atoms with E-state index in [9.17, 15) is 10.2 Å². The van der Waals surface area contributed by atoms with Gasteiger partial charge in [0.05, 0.1) is 6.61 Å². The van der Waals surface area contributed by atoms with Gasteiger partial charge in [-0.3, -0.25) is 0 Å². The van der Waals surface area contributed by atoms with Crippen LogP contribution in [0, 0.1) is 0 Å². The fourth-order valence-electron chi connectivity index (χ4n) is 2.32. The van der Waals surface area contributed by atoms with E-state index >= 15 is 0 Å². The van der Waals surface area contributed by atoms with Crippen molar-refractivity contribution in [1.82, 2.24) is 0 Å². The molecule has 0 aromatic heterocycles. The number of phenols is 2. The molecule has 0 saturated carbocycles. The number of hydrogen-bond donors (Lipinski definition) is 2. The van der Waals surface area contributed by atoms with Crippen LogP contribution in [0.25, 0.3) is 0 Å². The number of benzene rings is 2. The lowest BCUT2D eigenvalue weighted by molar-refractivity contribution is 0.261. The second-order valence-corrected chi connectivity index (χ2v) is 4.60. The summed E-state index contributed by atoms with van der Waals surface area (Å²) < 4.78 is 5.68. The van der Waals surface area contributed by atoms with E-state index in [-0.39, 0.29) is 11.5 Å². The van der Waals surface area contributed by atoms with Crippen molar-refractivity contribution in [2.24, 2.45) is 0 Å². The molecule has 0 amide bonds. The highest BCUT2D eigenvalue weighted by molar-refractivity contribution is 5.43. The van der Waals surface area contributed by atoms with Crippen LogP contribution < -0.4 is 4.74 Å². The quantitative estimate of drug-likeness (QED) is 0.759. The Morgan fingerprint density at radius 1 is 0.944 bits per heavy atom. The Kier molecular flexibility index (Phi) is 2.59. The molecular formula is C15H14O3. The van der Waals surface area contributed by atoms with E-state index in [4.69, 9.17) is 4.74 Å². The second-order valence-electron chi connectivity index (χ2n) is 4.60. The van der Waals surface area contributed by atoms with E-state index in [1.165, 1.54) is 0 Å². The molecule has 2 aromatic rings. The van der Waals surface area contributed by atoms with Crippen molar-refractivity contribution < 1.29 is 14.9 Å². The summed E-state index contributed by atoms with van der Waals surface area (Å²) in [7, 11) is 0. The zero-order valence-electron chi connectivity index (χ0n) is 9.84. The number of aromatic hydroxyl groups is 2. The average Bonchev–Trinajstić information content (AvgIpc) is 2.39. The van der Waals surface area contributed by atoms with Gasteiger partial charge in [-0.05, 0) is 35.7 Å². The molecule has 0 bridgehead atoms. The maximum Gasteiger partial charge on any atom is 0.126 e. The Morgan fingerprint density at radius 3 is 2.44 bits per heavy atom. The molecule has 3 rings (SSSR count). The number of hydrogen-bond acceptors (Lipinski definition) is 3. The van der Waals surface area contributed by atoms with Gasteiger partial charge in [0, 0.05) is 12.0 Å². The Labute approximate surface area is 105 Å². The van der Waals surface area contributed by atoms with Gasteiger partial charge in [0.15, 0.2) is 0 Å². The lowest BCUT2D eigenvalue weighted by atomic mass is 10.2. The molecule has 1 aliphatic rings. The lowest BCUT2D eigenvalue weighted by Crippen LogP contribution is -2.18. The minimum atomic E-state index is 0.233. The van der Waals surface area contributed by atoms with E-state index in [2.05, 4.69) is 0 Å². The molecule has 1 heterocycles. The fraction of sp³-hybridized carbons (Fsp3) is 0.200. The molecule has 1 aliphatic heterocycles. The summed E-state index contributed by atoms with van der Waals surface area (Å²) in [5.74, 6) is 1.57. The van der Waals surface area contributed by atoms with Crippen molar-refractivity contribution in [3.05, 3.63) is 53.6 Å². The third-order valence-corrected chi connectivity index (χ3v) is 3.32. The molecule has 2 aromatic carbocycles. The smallest absolute Gasteiger partial charge is 0.126 e. The highest BCUT2D eigenvalue weighted by Gasteiger charge is 2.21. The molecule has 1 unspecified atom stereocenters. The Morgan fingerprint density at radius 2 is 1.67 bits per heavy atom. The zero-order valence-corrected chi connectivity index (χ0v) is 9.84. The summed E-state index contributed by atoms with van der Waals surface area (Å²) in [6.45, 7) is 0.598. The van der Waals surface area contributed by atoms with Crippen molar-refractivity contribution in [3.63, 3.8) is 0 Å². The van der Waals surface area contributed by atoms with Crippen LogP contribution in [0.1, 0.15) is 17.0 Å². The third-order valence-electron chi connectivity index (χ3n) is 3.32. The predicted octanol–water partition coefficient (Wildman–Crippen LogP) is 2.82. The van der Waals surface area contributed by atoms with Gasteiger partial charge in [-0.25, -0.2) is 0 Å². The first-order chi connectivity index (χ1) is 8.72. The van der Waals surface area contributed by atoms with E-state index < -0.39 is 0 Å². The summed E-state index contributed by atoms with van der Waals surface area (Å²) >= 11 is 0. The first kappa shape index (κ1) is 11.0. The van der Waals surface area contributed by atoms with Gasteiger partial charge < -0.3 is 14.9 Å². The predicted molar refractivity (Wildman–Crippen MR) is 68.2 cm³/mol. The first-order valence-electron chi connectivity index (χ1n) is 5.96.